The molecule has 1 fully saturated rings. The minimum Gasteiger partial charge on any atom is -0.374 e. The second-order valence-corrected chi connectivity index (χ2v) is 8.34. The van der Waals surface area contributed by atoms with Gasteiger partial charge in [0.25, 0.3) is 0 Å². The number of aliphatic hydroxyl groups excluding tert-OH is 1. The summed E-state index contributed by atoms with van der Waals surface area (Å²) in [6.45, 7) is 2.90. The van der Waals surface area contributed by atoms with Crippen molar-refractivity contribution in [2.24, 2.45) is 5.92 Å². The van der Waals surface area contributed by atoms with Crippen LogP contribution in [0.4, 0.5) is 5.69 Å². The van der Waals surface area contributed by atoms with Crippen molar-refractivity contribution in [2.45, 2.75) is 32.4 Å². The Hall–Kier alpha value is -2.74. The Labute approximate surface area is 186 Å². The van der Waals surface area contributed by atoms with E-state index in [2.05, 4.69) is 20.5 Å². The summed E-state index contributed by atoms with van der Waals surface area (Å²) in [5, 5.41) is 20.6. The van der Waals surface area contributed by atoms with E-state index >= 15 is 0 Å². The lowest BCUT2D eigenvalue weighted by molar-refractivity contribution is -0.116. The lowest BCUT2D eigenvalue weighted by Crippen LogP contribution is -2.30. The van der Waals surface area contributed by atoms with Crippen molar-refractivity contribution in [1.82, 2.24) is 20.5 Å². The third kappa shape index (κ3) is 5.50. The molecule has 0 radical (unpaired) electrons. The Morgan fingerprint density at radius 2 is 2.16 bits per heavy atom. The average Bonchev–Trinajstić information content (AvgIpc) is 3.44. The molecule has 8 heteroatoms. The van der Waals surface area contributed by atoms with Gasteiger partial charge in [0.1, 0.15) is 6.23 Å². The summed E-state index contributed by atoms with van der Waals surface area (Å²) in [6.07, 6.45) is 7.56. The van der Waals surface area contributed by atoms with Gasteiger partial charge in [0.2, 0.25) is 5.91 Å². The molecule has 0 spiro atoms. The third-order valence-corrected chi connectivity index (χ3v) is 5.76. The number of H-pyrrole nitrogens is 1. The molecule has 1 saturated carbocycles. The number of anilines is 1. The van der Waals surface area contributed by atoms with E-state index in [0.717, 1.165) is 28.9 Å². The Morgan fingerprint density at radius 3 is 2.77 bits per heavy atom. The number of nitrogens with zero attached hydrogens (tertiary/aromatic N) is 3. The van der Waals surface area contributed by atoms with E-state index in [4.69, 9.17) is 11.6 Å². The summed E-state index contributed by atoms with van der Waals surface area (Å²) in [7, 11) is 0. The smallest absolute Gasteiger partial charge is 0.223 e. The number of carbonyl (C=O) groups excluding carboxylic acids is 1. The molecule has 0 bridgehead atoms. The Bertz CT molecular complexity index is 1020. The second kappa shape index (κ2) is 9.60. The fraction of sp³-hybridized carbons (Fsp3) is 0.348. The molecule has 1 aliphatic carbocycles. The van der Waals surface area contributed by atoms with Crippen LogP contribution in [0.25, 0.3) is 11.3 Å². The highest BCUT2D eigenvalue weighted by atomic mass is 35.5. The van der Waals surface area contributed by atoms with Crippen molar-refractivity contribution in [3.05, 3.63) is 65.1 Å². The number of carbonyl (C=O) groups is 1. The van der Waals surface area contributed by atoms with E-state index in [9.17, 15) is 9.90 Å². The van der Waals surface area contributed by atoms with E-state index in [1.54, 1.807) is 24.2 Å². The maximum atomic E-state index is 12.1. The first-order valence-corrected chi connectivity index (χ1v) is 10.8. The van der Waals surface area contributed by atoms with E-state index in [-0.39, 0.29) is 5.91 Å². The Balaban J connectivity index is 1.41. The van der Waals surface area contributed by atoms with Crippen LogP contribution in [0.1, 0.15) is 37.1 Å². The van der Waals surface area contributed by atoms with Crippen molar-refractivity contribution in [1.29, 1.82) is 0 Å². The highest BCUT2D eigenvalue weighted by Gasteiger charge is 2.27. The van der Waals surface area contributed by atoms with Crippen LogP contribution >= 0.6 is 11.6 Å². The van der Waals surface area contributed by atoms with Gasteiger partial charge in [0, 0.05) is 43.5 Å². The van der Waals surface area contributed by atoms with E-state index in [0.29, 0.717) is 29.6 Å². The SMILES string of the molecule is CC(=O)N(CC1CC1)c1ccc(-c2ccc(C(O)NCCc3cn[nH]c3)cn2)cc1Cl. The molecule has 0 saturated heterocycles. The van der Waals surface area contributed by atoms with Gasteiger partial charge in [-0.2, -0.15) is 5.10 Å². The first-order chi connectivity index (χ1) is 15.0. The molecule has 1 amide bonds. The summed E-state index contributed by atoms with van der Waals surface area (Å²) in [6, 6.07) is 9.33. The number of aliphatic hydroxyl groups is 1. The van der Waals surface area contributed by atoms with Crippen LogP contribution in [-0.2, 0) is 11.2 Å². The standard InChI is InChI=1S/C23H26ClN5O2/c1-15(30)29(14-16-2-3-16)22-7-5-18(10-20(22)24)21-6-4-19(13-26-21)23(31)25-9-8-17-11-27-28-12-17/h4-7,10-13,16,23,25,31H,2-3,8-9,14H2,1H3,(H,27,28). The average molecular weight is 440 g/mol. The minimum atomic E-state index is -0.800. The zero-order valence-electron chi connectivity index (χ0n) is 17.4. The van der Waals surface area contributed by atoms with E-state index < -0.39 is 6.23 Å². The van der Waals surface area contributed by atoms with Crippen molar-refractivity contribution in [3.63, 3.8) is 0 Å². The van der Waals surface area contributed by atoms with Gasteiger partial charge in [-0.3, -0.25) is 20.2 Å². The molecule has 7 nitrogen and oxygen atoms in total. The summed E-state index contributed by atoms with van der Waals surface area (Å²) < 4.78 is 0. The van der Waals surface area contributed by atoms with Crippen LogP contribution in [0.5, 0.6) is 0 Å². The number of hydrogen-bond acceptors (Lipinski definition) is 5. The van der Waals surface area contributed by atoms with Crippen molar-refractivity contribution < 1.29 is 9.90 Å². The Morgan fingerprint density at radius 1 is 1.32 bits per heavy atom. The number of aromatic nitrogens is 3. The summed E-state index contributed by atoms with van der Waals surface area (Å²) in [5.74, 6) is 0.576. The molecule has 1 unspecified atom stereocenters. The van der Waals surface area contributed by atoms with E-state index in [1.807, 2.05) is 36.5 Å². The predicted octanol–water partition coefficient (Wildman–Crippen LogP) is 3.71. The first-order valence-electron chi connectivity index (χ1n) is 10.4. The highest BCUT2D eigenvalue weighted by Crippen LogP contribution is 2.35. The largest absolute Gasteiger partial charge is 0.374 e. The van der Waals surface area contributed by atoms with Crippen LogP contribution < -0.4 is 10.2 Å². The zero-order valence-corrected chi connectivity index (χ0v) is 18.1. The monoisotopic (exact) mass is 439 g/mol. The van der Waals surface area contributed by atoms with Gasteiger partial charge in [0.05, 0.1) is 22.6 Å². The van der Waals surface area contributed by atoms with Gasteiger partial charge < -0.3 is 10.0 Å². The van der Waals surface area contributed by atoms with Gasteiger partial charge in [-0.25, -0.2) is 0 Å². The molecule has 1 atom stereocenters. The molecule has 3 aromatic rings. The van der Waals surface area contributed by atoms with Crippen molar-refractivity contribution >= 4 is 23.2 Å². The molecule has 0 aliphatic heterocycles. The normalized spacial score (nSPS) is 14.4. The number of halogens is 1. The third-order valence-electron chi connectivity index (χ3n) is 5.46. The molecule has 31 heavy (non-hydrogen) atoms. The minimum absolute atomic E-state index is 0.00159. The maximum Gasteiger partial charge on any atom is 0.223 e. The number of rotatable bonds is 9. The number of amides is 1. The molecule has 2 aromatic heterocycles. The number of nitrogens with one attached hydrogen (secondary N) is 2. The summed E-state index contributed by atoms with van der Waals surface area (Å²) in [5.41, 5.74) is 4.11. The maximum absolute atomic E-state index is 12.1. The Kier molecular flexibility index (Phi) is 6.65. The number of aromatic amines is 1. The fourth-order valence-electron chi connectivity index (χ4n) is 3.46. The lowest BCUT2D eigenvalue weighted by atomic mass is 10.1. The second-order valence-electron chi connectivity index (χ2n) is 7.93. The van der Waals surface area contributed by atoms with Gasteiger partial charge in [-0.05, 0) is 48.9 Å². The molecule has 1 aliphatic rings. The molecular formula is C23H26ClN5O2. The van der Waals surface area contributed by atoms with Crippen LogP contribution in [0, 0.1) is 5.92 Å². The molecule has 3 N–H and O–H groups in total. The van der Waals surface area contributed by atoms with Gasteiger partial charge in [-0.1, -0.05) is 23.7 Å². The van der Waals surface area contributed by atoms with Crippen LogP contribution in [-0.4, -0.2) is 39.3 Å². The molecular weight excluding hydrogens is 414 g/mol. The van der Waals surface area contributed by atoms with Gasteiger partial charge >= 0.3 is 0 Å². The lowest BCUT2D eigenvalue weighted by Gasteiger charge is -2.22. The number of benzene rings is 1. The number of hydrogen-bond donors (Lipinski definition) is 3. The van der Waals surface area contributed by atoms with Crippen LogP contribution in [0.3, 0.4) is 0 Å². The summed E-state index contributed by atoms with van der Waals surface area (Å²) >= 11 is 6.52. The molecule has 4 rings (SSSR count). The van der Waals surface area contributed by atoms with Crippen molar-refractivity contribution in [3.8, 4) is 11.3 Å². The fourth-order valence-corrected chi connectivity index (χ4v) is 3.75. The highest BCUT2D eigenvalue weighted by molar-refractivity contribution is 6.34. The molecule has 2 heterocycles. The first kappa shape index (κ1) is 21.5. The van der Waals surface area contributed by atoms with Gasteiger partial charge in [-0.15, -0.1) is 0 Å². The summed E-state index contributed by atoms with van der Waals surface area (Å²) in [4.78, 5) is 18.3. The predicted molar refractivity (Wildman–Crippen MR) is 121 cm³/mol. The van der Waals surface area contributed by atoms with Crippen LogP contribution in [0.2, 0.25) is 5.02 Å². The molecule has 162 valence electrons. The topological polar surface area (TPSA) is 94.1 Å². The quantitative estimate of drug-likeness (QED) is 0.442. The van der Waals surface area contributed by atoms with E-state index in [1.165, 1.54) is 12.8 Å². The zero-order chi connectivity index (χ0) is 21.8. The van der Waals surface area contributed by atoms with Crippen LogP contribution in [0.15, 0.2) is 48.9 Å². The number of pyridine rings is 1. The van der Waals surface area contributed by atoms with Gasteiger partial charge in [0.15, 0.2) is 0 Å². The van der Waals surface area contributed by atoms with Crippen molar-refractivity contribution in [2.75, 3.05) is 18.0 Å². The molecule has 1 aromatic carbocycles.